The third-order valence-electron chi connectivity index (χ3n) is 3.22. The van der Waals surface area contributed by atoms with E-state index in [2.05, 4.69) is 10.6 Å². The van der Waals surface area contributed by atoms with E-state index in [9.17, 15) is 23.1 Å². The highest BCUT2D eigenvalue weighted by Gasteiger charge is 2.30. The van der Waals surface area contributed by atoms with E-state index in [-0.39, 0.29) is 37.0 Å². The van der Waals surface area contributed by atoms with Crippen molar-refractivity contribution in [2.45, 2.75) is 31.2 Å². The zero-order valence-corrected chi connectivity index (χ0v) is 12.5. The molecule has 1 aromatic rings. The van der Waals surface area contributed by atoms with Crippen LogP contribution in [0.1, 0.15) is 30.1 Å². The number of carbonyl (C=O) groups is 1. The Labute approximate surface area is 132 Å². The van der Waals surface area contributed by atoms with Crippen LogP contribution in [0.15, 0.2) is 24.3 Å². The van der Waals surface area contributed by atoms with Crippen LogP contribution in [0.4, 0.5) is 13.2 Å². The summed E-state index contributed by atoms with van der Waals surface area (Å²) >= 11 is 0. The van der Waals surface area contributed by atoms with Gasteiger partial charge in [-0.25, -0.2) is 0 Å². The zero-order valence-electron chi connectivity index (χ0n) is 11.7. The lowest BCUT2D eigenvalue weighted by atomic mass is 10.1. The van der Waals surface area contributed by atoms with Crippen LogP contribution >= 0.6 is 12.4 Å². The van der Waals surface area contributed by atoms with Gasteiger partial charge in [0.15, 0.2) is 0 Å². The fraction of sp³-hybridized carbons (Fsp3) is 0.500. The number of amides is 1. The Bertz CT molecular complexity index is 507. The van der Waals surface area contributed by atoms with Gasteiger partial charge in [0.25, 0.3) is 0 Å². The van der Waals surface area contributed by atoms with Crippen molar-refractivity contribution < 1.29 is 23.1 Å². The van der Waals surface area contributed by atoms with Gasteiger partial charge < -0.3 is 15.7 Å². The lowest BCUT2D eigenvalue weighted by molar-refractivity contribution is -0.137. The Kier molecular flexibility index (Phi) is 6.65. The second-order valence-electron chi connectivity index (χ2n) is 5.10. The summed E-state index contributed by atoms with van der Waals surface area (Å²) in [5, 5.41) is 15.3. The van der Waals surface area contributed by atoms with E-state index in [4.69, 9.17) is 0 Å². The highest BCUT2D eigenvalue weighted by atomic mass is 35.5. The number of hydrogen-bond donors (Lipinski definition) is 3. The van der Waals surface area contributed by atoms with E-state index in [1.165, 1.54) is 12.1 Å². The third-order valence-corrected chi connectivity index (χ3v) is 3.22. The molecular weight excluding hydrogens is 321 g/mol. The van der Waals surface area contributed by atoms with Gasteiger partial charge in [-0.15, -0.1) is 12.4 Å². The number of aliphatic hydroxyl groups is 1. The van der Waals surface area contributed by atoms with Crippen LogP contribution in [-0.2, 0) is 11.0 Å². The highest BCUT2D eigenvalue weighted by Crippen LogP contribution is 2.30. The molecule has 124 valence electrons. The van der Waals surface area contributed by atoms with Crippen LogP contribution in [0.5, 0.6) is 0 Å². The van der Waals surface area contributed by atoms with Crippen LogP contribution in [0.25, 0.3) is 0 Å². The van der Waals surface area contributed by atoms with Crippen LogP contribution in [0.3, 0.4) is 0 Å². The molecular formula is C14H18ClF3N2O2. The second-order valence-corrected chi connectivity index (χ2v) is 5.10. The van der Waals surface area contributed by atoms with E-state index >= 15 is 0 Å². The molecule has 0 spiro atoms. The zero-order chi connectivity index (χ0) is 15.5. The summed E-state index contributed by atoms with van der Waals surface area (Å²) in [6.45, 7) is 0.0342. The number of alkyl halides is 3. The lowest BCUT2D eigenvalue weighted by Gasteiger charge is -2.14. The topological polar surface area (TPSA) is 61.4 Å². The fourth-order valence-corrected chi connectivity index (χ4v) is 1.84. The average molecular weight is 339 g/mol. The third kappa shape index (κ3) is 5.82. The SMILES string of the molecule is Cl.O=C(CNC1CC1)NCC(O)c1cccc(C(F)(F)F)c1. The first-order valence-electron chi connectivity index (χ1n) is 6.71. The lowest BCUT2D eigenvalue weighted by Crippen LogP contribution is -2.36. The fourth-order valence-electron chi connectivity index (χ4n) is 1.84. The molecule has 1 saturated carbocycles. The van der Waals surface area contributed by atoms with Gasteiger partial charge in [0.05, 0.1) is 18.2 Å². The van der Waals surface area contributed by atoms with Crippen LogP contribution in [0.2, 0.25) is 0 Å². The molecule has 4 nitrogen and oxygen atoms in total. The minimum absolute atomic E-state index is 0. The minimum atomic E-state index is -4.45. The first kappa shape index (κ1) is 18.7. The molecule has 2 rings (SSSR count). The quantitative estimate of drug-likeness (QED) is 0.744. The molecule has 1 amide bonds. The van der Waals surface area contributed by atoms with Crippen molar-refractivity contribution in [2.24, 2.45) is 0 Å². The Morgan fingerprint density at radius 1 is 1.36 bits per heavy atom. The standard InChI is InChI=1S/C14H17F3N2O2.ClH/c15-14(16,17)10-3-1-2-9(6-10)12(20)7-19-13(21)8-18-11-4-5-11;/h1-3,6,11-12,18,20H,4-5,7-8H2,(H,19,21);1H. The first-order chi connectivity index (χ1) is 9.86. The number of halogens is 4. The van der Waals surface area contributed by atoms with Crippen LogP contribution in [0, 0.1) is 0 Å². The number of hydrogen-bond acceptors (Lipinski definition) is 3. The first-order valence-corrected chi connectivity index (χ1v) is 6.71. The van der Waals surface area contributed by atoms with Crippen molar-refractivity contribution >= 4 is 18.3 Å². The smallest absolute Gasteiger partial charge is 0.387 e. The van der Waals surface area contributed by atoms with E-state index in [0.717, 1.165) is 25.0 Å². The maximum atomic E-state index is 12.6. The van der Waals surface area contributed by atoms with E-state index in [1.807, 2.05) is 0 Å². The average Bonchev–Trinajstić information content (AvgIpc) is 3.26. The number of carbonyl (C=O) groups excluding carboxylic acids is 1. The van der Waals surface area contributed by atoms with Crippen molar-refractivity contribution in [1.82, 2.24) is 10.6 Å². The van der Waals surface area contributed by atoms with Crippen LogP contribution in [-0.4, -0.2) is 30.1 Å². The molecule has 0 heterocycles. The molecule has 1 fully saturated rings. The van der Waals surface area contributed by atoms with Crippen molar-refractivity contribution in [3.05, 3.63) is 35.4 Å². The number of nitrogens with one attached hydrogen (secondary N) is 2. The molecule has 8 heteroatoms. The Hall–Kier alpha value is -1.31. The van der Waals surface area contributed by atoms with Gasteiger partial charge in [-0.1, -0.05) is 12.1 Å². The number of aliphatic hydroxyl groups excluding tert-OH is 1. The van der Waals surface area contributed by atoms with Crippen molar-refractivity contribution in [3.63, 3.8) is 0 Å². The maximum Gasteiger partial charge on any atom is 0.416 e. The van der Waals surface area contributed by atoms with E-state index in [1.54, 1.807) is 0 Å². The predicted octanol–water partition coefficient (Wildman–Crippen LogP) is 2.03. The molecule has 1 aliphatic carbocycles. The molecule has 22 heavy (non-hydrogen) atoms. The van der Waals surface area contributed by atoms with E-state index in [0.29, 0.717) is 6.04 Å². The van der Waals surface area contributed by atoms with Gasteiger partial charge in [-0.2, -0.15) is 13.2 Å². The minimum Gasteiger partial charge on any atom is -0.387 e. The molecule has 0 saturated heterocycles. The molecule has 1 aliphatic rings. The highest BCUT2D eigenvalue weighted by molar-refractivity contribution is 5.85. The monoisotopic (exact) mass is 338 g/mol. The van der Waals surface area contributed by atoms with Gasteiger partial charge in [0, 0.05) is 12.6 Å². The number of rotatable bonds is 6. The molecule has 0 radical (unpaired) electrons. The van der Waals surface area contributed by atoms with Gasteiger partial charge in [0.2, 0.25) is 5.91 Å². The Balaban J connectivity index is 0.00000242. The largest absolute Gasteiger partial charge is 0.416 e. The molecule has 3 N–H and O–H groups in total. The molecule has 0 aromatic heterocycles. The van der Waals surface area contributed by atoms with Gasteiger partial charge in [-0.3, -0.25) is 4.79 Å². The van der Waals surface area contributed by atoms with Crippen LogP contribution < -0.4 is 10.6 Å². The van der Waals surface area contributed by atoms with Gasteiger partial charge >= 0.3 is 6.18 Å². The van der Waals surface area contributed by atoms with Crippen molar-refractivity contribution in [2.75, 3.05) is 13.1 Å². The Morgan fingerprint density at radius 2 is 2.05 bits per heavy atom. The molecule has 0 bridgehead atoms. The summed E-state index contributed by atoms with van der Waals surface area (Å²) in [5.74, 6) is -0.284. The molecule has 1 aromatic carbocycles. The second kappa shape index (κ2) is 7.80. The normalized spacial score (nSPS) is 15.8. The summed E-state index contributed by atoms with van der Waals surface area (Å²) in [6, 6.07) is 4.85. The predicted molar refractivity (Wildman–Crippen MR) is 77.7 cm³/mol. The molecule has 1 atom stereocenters. The summed E-state index contributed by atoms with van der Waals surface area (Å²) in [4.78, 5) is 11.5. The molecule has 1 unspecified atom stereocenters. The summed E-state index contributed by atoms with van der Waals surface area (Å²) in [6.07, 6.45) is -3.51. The molecule has 0 aliphatic heterocycles. The van der Waals surface area contributed by atoms with E-state index < -0.39 is 17.8 Å². The van der Waals surface area contributed by atoms with Gasteiger partial charge in [-0.05, 0) is 30.5 Å². The summed E-state index contributed by atoms with van der Waals surface area (Å²) in [5.41, 5.74) is -0.693. The van der Waals surface area contributed by atoms with Crippen molar-refractivity contribution in [1.29, 1.82) is 0 Å². The maximum absolute atomic E-state index is 12.6. The summed E-state index contributed by atoms with van der Waals surface area (Å²) in [7, 11) is 0. The number of benzene rings is 1. The van der Waals surface area contributed by atoms with Gasteiger partial charge in [0.1, 0.15) is 0 Å². The Morgan fingerprint density at radius 3 is 2.64 bits per heavy atom. The summed E-state index contributed by atoms with van der Waals surface area (Å²) < 4.78 is 37.7. The van der Waals surface area contributed by atoms with Crippen molar-refractivity contribution in [3.8, 4) is 0 Å².